The van der Waals surface area contributed by atoms with Crippen LogP contribution in [0.5, 0.6) is 0 Å². The summed E-state index contributed by atoms with van der Waals surface area (Å²) < 4.78 is 19.4. The number of fused-ring (bicyclic) bond motifs is 5. The molecular formula is C43H72N4O3S. The van der Waals surface area contributed by atoms with Crippen LogP contribution < -0.4 is 11.1 Å². The van der Waals surface area contributed by atoms with Crippen LogP contribution in [0.2, 0.25) is 0 Å². The van der Waals surface area contributed by atoms with Gasteiger partial charge < -0.3 is 25.3 Å². The van der Waals surface area contributed by atoms with Gasteiger partial charge >= 0.3 is 0 Å². The molecule has 2 heterocycles. The zero-order valence-corrected chi connectivity index (χ0v) is 35.3. The lowest BCUT2D eigenvalue weighted by Gasteiger charge is -2.68. The Morgan fingerprint density at radius 1 is 1.22 bits per heavy atom. The molecular weight excluding hydrogens is 653 g/mol. The fourth-order valence-corrected chi connectivity index (χ4v) is 12.3. The van der Waals surface area contributed by atoms with E-state index in [9.17, 15) is 0 Å². The van der Waals surface area contributed by atoms with Crippen molar-refractivity contribution >= 4 is 18.1 Å². The molecule has 0 aromatic heterocycles. The predicted molar refractivity (Wildman–Crippen MR) is 214 cm³/mol. The van der Waals surface area contributed by atoms with Crippen LogP contribution in [-0.4, -0.2) is 61.5 Å². The van der Waals surface area contributed by atoms with Gasteiger partial charge in [-0.2, -0.15) is 5.26 Å². The zero-order chi connectivity index (χ0) is 38.0. The topological polar surface area (TPSA) is 102 Å². The Balaban J connectivity index is 0.000000459. The van der Waals surface area contributed by atoms with Gasteiger partial charge in [-0.3, -0.25) is 4.99 Å². The van der Waals surface area contributed by atoms with E-state index >= 15 is 0 Å². The van der Waals surface area contributed by atoms with E-state index in [1.165, 1.54) is 38.4 Å². The van der Waals surface area contributed by atoms with Crippen molar-refractivity contribution < 1.29 is 14.2 Å². The van der Waals surface area contributed by atoms with E-state index in [4.69, 9.17) is 25.2 Å². The molecule has 0 amide bonds. The molecule has 0 radical (unpaired) electrons. The number of nitrogens with two attached hydrogens (primary N) is 1. The molecule has 3 N–H and O–H groups in total. The van der Waals surface area contributed by atoms with E-state index in [0.717, 1.165) is 30.8 Å². The van der Waals surface area contributed by atoms with Crippen molar-refractivity contribution in [2.75, 3.05) is 33.1 Å². The quantitative estimate of drug-likeness (QED) is 0.0948. The third-order valence-electron chi connectivity index (χ3n) is 15.0. The summed E-state index contributed by atoms with van der Waals surface area (Å²) in [4.78, 5) is 3.72. The molecule has 0 aromatic carbocycles. The summed E-state index contributed by atoms with van der Waals surface area (Å²) in [5.74, 6) is 3.69. The van der Waals surface area contributed by atoms with Crippen LogP contribution in [0, 0.1) is 57.2 Å². The highest BCUT2D eigenvalue weighted by molar-refractivity contribution is 8.01. The number of nitriles is 1. The van der Waals surface area contributed by atoms with E-state index in [-0.39, 0.29) is 38.2 Å². The Kier molecular flexibility index (Phi) is 13.1. The second-order valence-electron chi connectivity index (χ2n) is 18.3. The van der Waals surface area contributed by atoms with Crippen LogP contribution in [0.3, 0.4) is 0 Å². The van der Waals surface area contributed by atoms with Gasteiger partial charge in [0, 0.05) is 41.0 Å². The molecule has 51 heavy (non-hydrogen) atoms. The van der Waals surface area contributed by atoms with Crippen molar-refractivity contribution in [1.29, 1.82) is 5.26 Å². The third kappa shape index (κ3) is 7.49. The van der Waals surface area contributed by atoms with E-state index in [2.05, 4.69) is 109 Å². The third-order valence-corrected chi connectivity index (χ3v) is 16.6. The van der Waals surface area contributed by atoms with E-state index < -0.39 is 0 Å². The second kappa shape index (κ2) is 15.9. The monoisotopic (exact) mass is 725 g/mol. The van der Waals surface area contributed by atoms with Crippen LogP contribution in [0.25, 0.3) is 0 Å². The smallest absolute Gasteiger partial charge is 0.117 e. The molecule has 4 unspecified atom stereocenters. The number of hydrogen-bond donors (Lipinski definition) is 2. The molecule has 7 nitrogen and oxygen atoms in total. The Bertz CT molecular complexity index is 1400. The summed E-state index contributed by atoms with van der Waals surface area (Å²) in [5, 5.41) is 11.4. The maximum Gasteiger partial charge on any atom is 0.117 e. The van der Waals surface area contributed by atoms with Crippen molar-refractivity contribution in [1.82, 2.24) is 5.32 Å². The number of rotatable bonds is 11. The van der Waals surface area contributed by atoms with Crippen LogP contribution in [-0.2, 0) is 14.2 Å². The molecule has 2 bridgehead atoms. The lowest BCUT2D eigenvalue weighted by atomic mass is 9.40. The molecule has 3 fully saturated rings. The lowest BCUT2D eigenvalue weighted by Crippen LogP contribution is -2.65. The molecule has 10 atom stereocenters. The summed E-state index contributed by atoms with van der Waals surface area (Å²) in [7, 11) is 3.52. The highest BCUT2D eigenvalue weighted by atomic mass is 32.2. The average molecular weight is 725 g/mol. The Labute approximate surface area is 316 Å². The van der Waals surface area contributed by atoms with E-state index in [0.29, 0.717) is 41.9 Å². The normalized spacial score (nSPS) is 39.2. The number of nitrogens with one attached hydrogen (secondary N) is 1. The number of ether oxygens (including phenoxy) is 3. The Morgan fingerprint density at radius 2 is 1.92 bits per heavy atom. The molecule has 0 aromatic rings. The van der Waals surface area contributed by atoms with Gasteiger partial charge in [0.15, 0.2) is 0 Å². The second-order valence-corrected chi connectivity index (χ2v) is 19.8. The lowest BCUT2D eigenvalue weighted by molar-refractivity contribution is -0.174. The molecule has 1 saturated heterocycles. The van der Waals surface area contributed by atoms with Crippen LogP contribution >= 0.6 is 11.8 Å². The van der Waals surface area contributed by atoms with Gasteiger partial charge in [0.1, 0.15) is 17.4 Å². The van der Waals surface area contributed by atoms with Gasteiger partial charge in [-0.1, -0.05) is 67.0 Å². The SMILES string of the molecule is CC/C(C)=C(\C#N)NC=NC.COC[C@]1(C)C(OC[C@](C)(N)C(C)C)CS[C@]2(C)C3=CC[C@]45C=CO[C@]([C@H](C)C(C)C)(CCC4(C)C3CCC12)C5. The largest absolute Gasteiger partial charge is 0.495 e. The van der Waals surface area contributed by atoms with Crippen molar-refractivity contribution in [3.05, 3.63) is 35.3 Å². The maximum atomic E-state index is 8.62. The van der Waals surface area contributed by atoms with Gasteiger partial charge in [-0.15, -0.1) is 11.8 Å². The van der Waals surface area contributed by atoms with Crippen molar-refractivity contribution in [2.24, 2.45) is 56.6 Å². The van der Waals surface area contributed by atoms with E-state index in [1.807, 2.05) is 21.0 Å². The minimum Gasteiger partial charge on any atom is -0.495 e. The van der Waals surface area contributed by atoms with Crippen LogP contribution in [0.4, 0.5) is 0 Å². The standard InChI is InChI=1S/C35H59NO3S.C8H13N3/c1-23(2)25(5)35-16-15-31(7)26-11-12-28-30(6,21-37-10)29(38-22-32(8,36)24(3)4)19-40-33(28,9)27(26)13-14-34(31,20-35)17-18-39-35;1-4-7(2)8(5-9)11-6-10-3/h13,17-18,23-26,28-29H,11-12,14-16,19-22,36H2,1-10H3;6H,4H2,1-3H3,(H,10,11)/b;8-7+/t25-,26?,28?,29?,30+,31?,32+,33-,34-,35-;/m1./s1. The maximum absolute atomic E-state index is 8.62. The molecule has 3 aliphatic carbocycles. The molecule has 2 aliphatic heterocycles. The minimum absolute atomic E-state index is 0.0104. The summed E-state index contributed by atoms with van der Waals surface area (Å²) >= 11 is 2.17. The van der Waals surface area contributed by atoms with E-state index in [1.54, 1.807) is 12.6 Å². The summed E-state index contributed by atoms with van der Waals surface area (Å²) in [6.45, 7) is 26.6. The van der Waals surface area contributed by atoms with Crippen molar-refractivity contribution in [3.8, 4) is 6.07 Å². The fraction of sp³-hybridized carbons (Fsp3) is 0.814. The highest BCUT2D eigenvalue weighted by Crippen LogP contribution is 2.72. The number of allylic oxidation sites excluding steroid dienone is 4. The first kappa shape index (κ1) is 42.0. The zero-order valence-electron chi connectivity index (χ0n) is 34.4. The first-order chi connectivity index (χ1) is 23.9. The van der Waals surface area contributed by atoms with Crippen LogP contribution in [0.15, 0.2) is 40.2 Å². The molecule has 5 rings (SSSR count). The average Bonchev–Trinajstić information content (AvgIpc) is 3.08. The van der Waals surface area contributed by atoms with Gasteiger partial charge in [0.05, 0.1) is 31.9 Å². The first-order valence-corrected chi connectivity index (χ1v) is 20.7. The summed E-state index contributed by atoms with van der Waals surface area (Å²) in [6.07, 6.45) is 17.1. The molecule has 2 saturated carbocycles. The molecule has 1 spiro atoms. The van der Waals surface area contributed by atoms with Crippen molar-refractivity contribution in [2.45, 2.75) is 143 Å². The molecule has 5 aliphatic rings. The Hall–Kier alpha value is -1.79. The number of methoxy groups -OCH3 is 1. The number of nitrogens with zero attached hydrogens (tertiary/aromatic N) is 2. The van der Waals surface area contributed by atoms with Gasteiger partial charge in [0.25, 0.3) is 0 Å². The number of thioether (sulfide) groups is 1. The minimum atomic E-state index is -0.327. The van der Waals surface area contributed by atoms with Gasteiger partial charge in [0.2, 0.25) is 0 Å². The van der Waals surface area contributed by atoms with Gasteiger partial charge in [-0.25, -0.2) is 0 Å². The number of aliphatic imine (C=N–C) groups is 1. The van der Waals surface area contributed by atoms with Gasteiger partial charge in [-0.05, 0) is 112 Å². The number of hydrogen-bond acceptors (Lipinski definition) is 7. The molecule has 288 valence electrons. The van der Waals surface area contributed by atoms with Crippen LogP contribution in [0.1, 0.15) is 121 Å². The first-order valence-electron chi connectivity index (χ1n) is 19.7. The highest BCUT2D eigenvalue weighted by Gasteiger charge is 2.67. The predicted octanol–water partition coefficient (Wildman–Crippen LogP) is 9.45. The fourth-order valence-electron chi connectivity index (χ4n) is 10.4. The summed E-state index contributed by atoms with van der Waals surface area (Å²) in [6, 6.07) is 2.06. The Morgan fingerprint density at radius 3 is 2.51 bits per heavy atom. The summed E-state index contributed by atoms with van der Waals surface area (Å²) in [5.41, 5.74) is 10.1. The molecule has 8 heteroatoms. The van der Waals surface area contributed by atoms with Crippen molar-refractivity contribution in [3.63, 3.8) is 0 Å².